The first-order chi connectivity index (χ1) is 7.75. The van der Waals surface area contributed by atoms with Crippen LogP contribution in [0.15, 0.2) is 12.4 Å². The quantitative estimate of drug-likeness (QED) is 0.845. The lowest BCUT2D eigenvalue weighted by Gasteiger charge is -2.28. The van der Waals surface area contributed by atoms with Gasteiger partial charge in [0.15, 0.2) is 0 Å². The van der Waals surface area contributed by atoms with Crippen LogP contribution < -0.4 is 5.32 Å². The van der Waals surface area contributed by atoms with Crippen LogP contribution in [0.3, 0.4) is 0 Å². The average Bonchev–Trinajstić information content (AvgIpc) is 2.67. The van der Waals surface area contributed by atoms with E-state index in [0.717, 1.165) is 24.9 Å². The van der Waals surface area contributed by atoms with Gasteiger partial charge in [-0.25, -0.2) is 0 Å². The molecule has 1 heterocycles. The van der Waals surface area contributed by atoms with E-state index in [1.165, 1.54) is 31.2 Å². The van der Waals surface area contributed by atoms with E-state index in [-0.39, 0.29) is 0 Å². The van der Waals surface area contributed by atoms with Gasteiger partial charge in [-0.1, -0.05) is 26.2 Å². The third kappa shape index (κ3) is 3.08. The zero-order valence-electron chi connectivity index (χ0n) is 10.4. The maximum Gasteiger partial charge on any atom is 0.0534 e. The van der Waals surface area contributed by atoms with Gasteiger partial charge >= 0.3 is 0 Å². The van der Waals surface area contributed by atoms with Gasteiger partial charge in [0.25, 0.3) is 0 Å². The van der Waals surface area contributed by atoms with Crippen molar-refractivity contribution >= 4 is 0 Å². The highest BCUT2D eigenvalue weighted by molar-refractivity contribution is 5.02. The number of hydrogen-bond donors (Lipinski definition) is 1. The van der Waals surface area contributed by atoms with Gasteiger partial charge in [-0.15, -0.1) is 0 Å². The molecule has 1 N–H and O–H groups in total. The summed E-state index contributed by atoms with van der Waals surface area (Å²) in [6, 6.07) is 0. The summed E-state index contributed by atoms with van der Waals surface area (Å²) in [6.45, 7) is 4.52. The lowest BCUT2D eigenvalue weighted by atomic mass is 9.80. The van der Waals surface area contributed by atoms with Crippen LogP contribution >= 0.6 is 0 Å². The van der Waals surface area contributed by atoms with Crippen LogP contribution in [-0.2, 0) is 13.6 Å². The smallest absolute Gasteiger partial charge is 0.0534 e. The molecule has 0 amide bonds. The molecule has 0 spiro atoms. The van der Waals surface area contributed by atoms with E-state index in [4.69, 9.17) is 0 Å². The molecule has 90 valence electrons. The average molecular weight is 221 g/mol. The van der Waals surface area contributed by atoms with Crippen molar-refractivity contribution in [2.45, 2.75) is 39.2 Å². The standard InChI is InChI=1S/C13H23N3/c1-11-5-3-4-6-13(11)9-14-7-12-8-15-16(2)10-12/h8,10-11,13-14H,3-7,9H2,1-2H3. The van der Waals surface area contributed by atoms with Gasteiger partial charge in [-0.05, 0) is 24.8 Å². The molecule has 1 saturated carbocycles. The number of rotatable bonds is 4. The lowest BCUT2D eigenvalue weighted by Crippen LogP contribution is -2.28. The van der Waals surface area contributed by atoms with Crippen molar-refractivity contribution in [2.24, 2.45) is 18.9 Å². The van der Waals surface area contributed by atoms with Crippen LogP contribution in [0.25, 0.3) is 0 Å². The Hall–Kier alpha value is -0.830. The molecular weight excluding hydrogens is 198 g/mol. The van der Waals surface area contributed by atoms with Crippen molar-refractivity contribution in [3.8, 4) is 0 Å². The molecule has 0 bridgehead atoms. The van der Waals surface area contributed by atoms with Crippen LogP contribution in [0.4, 0.5) is 0 Å². The number of hydrogen-bond acceptors (Lipinski definition) is 2. The van der Waals surface area contributed by atoms with E-state index in [1.54, 1.807) is 0 Å². The van der Waals surface area contributed by atoms with Crippen LogP contribution in [-0.4, -0.2) is 16.3 Å². The number of nitrogens with one attached hydrogen (secondary N) is 1. The fourth-order valence-electron chi connectivity index (χ4n) is 2.66. The fraction of sp³-hybridized carbons (Fsp3) is 0.769. The van der Waals surface area contributed by atoms with Gasteiger partial charge in [0, 0.05) is 25.4 Å². The number of aromatic nitrogens is 2. The molecule has 3 heteroatoms. The van der Waals surface area contributed by atoms with Gasteiger partial charge in [-0.3, -0.25) is 4.68 Å². The zero-order valence-corrected chi connectivity index (χ0v) is 10.4. The molecule has 16 heavy (non-hydrogen) atoms. The second-order valence-corrected chi connectivity index (χ2v) is 5.17. The third-order valence-corrected chi connectivity index (χ3v) is 3.78. The molecule has 1 aromatic rings. The van der Waals surface area contributed by atoms with Crippen LogP contribution in [0.5, 0.6) is 0 Å². The van der Waals surface area contributed by atoms with Crippen molar-refractivity contribution in [3.63, 3.8) is 0 Å². The summed E-state index contributed by atoms with van der Waals surface area (Å²) < 4.78 is 1.86. The molecule has 3 nitrogen and oxygen atoms in total. The monoisotopic (exact) mass is 221 g/mol. The Morgan fingerprint density at radius 2 is 2.25 bits per heavy atom. The first-order valence-corrected chi connectivity index (χ1v) is 6.44. The Kier molecular flexibility index (Phi) is 3.99. The van der Waals surface area contributed by atoms with Crippen LogP contribution in [0.2, 0.25) is 0 Å². The molecule has 2 rings (SSSR count). The summed E-state index contributed by atoms with van der Waals surface area (Å²) in [7, 11) is 1.96. The minimum absolute atomic E-state index is 0.880. The molecular formula is C13H23N3. The first kappa shape index (κ1) is 11.6. The highest BCUT2D eigenvalue weighted by Crippen LogP contribution is 2.28. The molecule has 0 aliphatic heterocycles. The zero-order chi connectivity index (χ0) is 11.4. The Morgan fingerprint density at radius 3 is 2.94 bits per heavy atom. The Bertz CT molecular complexity index is 319. The van der Waals surface area contributed by atoms with Crippen molar-refractivity contribution in [3.05, 3.63) is 18.0 Å². The highest BCUT2D eigenvalue weighted by Gasteiger charge is 2.20. The molecule has 2 unspecified atom stereocenters. The van der Waals surface area contributed by atoms with E-state index < -0.39 is 0 Å². The fourth-order valence-corrected chi connectivity index (χ4v) is 2.66. The minimum atomic E-state index is 0.880. The lowest BCUT2D eigenvalue weighted by molar-refractivity contribution is 0.247. The maximum absolute atomic E-state index is 4.17. The van der Waals surface area contributed by atoms with Gasteiger partial charge in [0.05, 0.1) is 6.20 Å². The predicted octanol–water partition coefficient (Wildman–Crippen LogP) is 2.34. The van der Waals surface area contributed by atoms with Gasteiger partial charge < -0.3 is 5.32 Å². The Morgan fingerprint density at radius 1 is 1.44 bits per heavy atom. The van der Waals surface area contributed by atoms with E-state index in [1.807, 2.05) is 17.9 Å². The normalized spacial score (nSPS) is 25.9. The molecule has 0 radical (unpaired) electrons. The maximum atomic E-state index is 4.17. The molecule has 0 aromatic carbocycles. The van der Waals surface area contributed by atoms with Gasteiger partial charge in [0.2, 0.25) is 0 Å². The highest BCUT2D eigenvalue weighted by atomic mass is 15.2. The first-order valence-electron chi connectivity index (χ1n) is 6.44. The van der Waals surface area contributed by atoms with Crippen molar-refractivity contribution in [1.29, 1.82) is 0 Å². The summed E-state index contributed by atoms with van der Waals surface area (Å²) in [5.74, 6) is 1.78. The van der Waals surface area contributed by atoms with E-state index in [2.05, 4.69) is 23.5 Å². The van der Waals surface area contributed by atoms with E-state index >= 15 is 0 Å². The van der Waals surface area contributed by atoms with Crippen molar-refractivity contribution < 1.29 is 0 Å². The topological polar surface area (TPSA) is 29.9 Å². The molecule has 0 saturated heterocycles. The second-order valence-electron chi connectivity index (χ2n) is 5.17. The molecule has 1 fully saturated rings. The van der Waals surface area contributed by atoms with Crippen LogP contribution in [0.1, 0.15) is 38.2 Å². The van der Waals surface area contributed by atoms with E-state index in [9.17, 15) is 0 Å². The van der Waals surface area contributed by atoms with E-state index in [0.29, 0.717) is 0 Å². The summed E-state index contributed by atoms with van der Waals surface area (Å²) in [5.41, 5.74) is 1.28. The Balaban J connectivity index is 1.71. The summed E-state index contributed by atoms with van der Waals surface area (Å²) in [4.78, 5) is 0. The van der Waals surface area contributed by atoms with Gasteiger partial charge in [-0.2, -0.15) is 5.10 Å². The molecule has 1 aliphatic carbocycles. The SMILES string of the molecule is CC1CCCCC1CNCc1cnn(C)c1. The minimum Gasteiger partial charge on any atom is -0.312 e. The van der Waals surface area contributed by atoms with Crippen LogP contribution in [0, 0.1) is 11.8 Å². The number of nitrogens with zero attached hydrogens (tertiary/aromatic N) is 2. The number of aryl methyl sites for hydroxylation is 1. The summed E-state index contributed by atoms with van der Waals surface area (Å²) in [6.07, 6.45) is 9.69. The largest absolute Gasteiger partial charge is 0.312 e. The second kappa shape index (κ2) is 5.48. The molecule has 2 atom stereocenters. The Labute approximate surface area is 98.2 Å². The predicted molar refractivity (Wildman–Crippen MR) is 66.0 cm³/mol. The van der Waals surface area contributed by atoms with Crippen molar-refractivity contribution in [1.82, 2.24) is 15.1 Å². The summed E-state index contributed by atoms with van der Waals surface area (Å²) >= 11 is 0. The molecule has 1 aromatic heterocycles. The van der Waals surface area contributed by atoms with Crippen molar-refractivity contribution in [2.75, 3.05) is 6.54 Å². The van der Waals surface area contributed by atoms with Gasteiger partial charge in [0.1, 0.15) is 0 Å². The third-order valence-electron chi connectivity index (χ3n) is 3.78. The molecule has 1 aliphatic rings. The summed E-state index contributed by atoms with van der Waals surface area (Å²) in [5, 5.41) is 7.74.